The molecular formula is C14H20BrNO2S. The summed E-state index contributed by atoms with van der Waals surface area (Å²) in [6.45, 7) is 3.71. The first kappa shape index (κ1) is 16.5. The van der Waals surface area contributed by atoms with Gasteiger partial charge in [0.05, 0.1) is 12.1 Å². The molecule has 3 atom stereocenters. The van der Waals surface area contributed by atoms with Crippen LogP contribution < -0.4 is 5.32 Å². The molecule has 0 saturated carbocycles. The molecule has 2 N–H and O–H groups in total. The van der Waals surface area contributed by atoms with Gasteiger partial charge in [-0.3, -0.25) is 4.79 Å². The highest BCUT2D eigenvalue weighted by Crippen LogP contribution is 2.20. The third-order valence-electron chi connectivity index (χ3n) is 2.92. The molecule has 1 aromatic carbocycles. The molecule has 0 spiro atoms. The van der Waals surface area contributed by atoms with Crippen molar-refractivity contribution < 1.29 is 9.90 Å². The molecule has 0 aliphatic rings. The zero-order valence-corrected chi connectivity index (χ0v) is 13.8. The summed E-state index contributed by atoms with van der Waals surface area (Å²) in [7, 11) is 0. The van der Waals surface area contributed by atoms with Gasteiger partial charge in [0, 0.05) is 16.1 Å². The number of amides is 1. The lowest BCUT2D eigenvalue weighted by atomic mass is 10.0. The number of halogens is 1. The quantitative estimate of drug-likeness (QED) is 0.833. The van der Waals surface area contributed by atoms with Crippen molar-refractivity contribution >= 4 is 33.6 Å². The van der Waals surface area contributed by atoms with Gasteiger partial charge >= 0.3 is 0 Å². The second kappa shape index (κ2) is 7.92. The van der Waals surface area contributed by atoms with Crippen LogP contribution >= 0.6 is 27.7 Å². The lowest BCUT2D eigenvalue weighted by molar-refractivity contribution is -0.125. The van der Waals surface area contributed by atoms with Crippen molar-refractivity contribution in [3.8, 4) is 0 Å². The third kappa shape index (κ3) is 5.16. The molecule has 3 unspecified atom stereocenters. The van der Waals surface area contributed by atoms with E-state index in [2.05, 4.69) is 21.2 Å². The van der Waals surface area contributed by atoms with E-state index in [0.717, 1.165) is 15.8 Å². The molecule has 0 saturated heterocycles. The normalized spacial score (nSPS) is 15.6. The number of carbonyl (C=O) groups is 1. The molecule has 3 nitrogen and oxygen atoms in total. The lowest BCUT2D eigenvalue weighted by Crippen LogP contribution is -2.40. The largest absolute Gasteiger partial charge is 0.386 e. The molecule has 5 heteroatoms. The number of rotatable bonds is 6. The van der Waals surface area contributed by atoms with E-state index < -0.39 is 6.10 Å². The second-order valence-electron chi connectivity index (χ2n) is 4.65. The van der Waals surface area contributed by atoms with Crippen molar-refractivity contribution in [2.24, 2.45) is 5.92 Å². The summed E-state index contributed by atoms with van der Waals surface area (Å²) in [5.41, 5.74) is 0.800. The van der Waals surface area contributed by atoms with Crippen LogP contribution in [0.1, 0.15) is 25.5 Å². The van der Waals surface area contributed by atoms with Crippen molar-refractivity contribution in [2.45, 2.75) is 26.0 Å². The first-order valence-corrected chi connectivity index (χ1v) is 8.37. The van der Waals surface area contributed by atoms with Gasteiger partial charge in [0.1, 0.15) is 0 Å². The number of carbonyl (C=O) groups excluding carboxylic acids is 1. The van der Waals surface area contributed by atoms with E-state index in [0.29, 0.717) is 0 Å². The van der Waals surface area contributed by atoms with E-state index in [4.69, 9.17) is 0 Å². The molecule has 0 aliphatic carbocycles. The molecule has 0 heterocycles. The number of nitrogens with one attached hydrogen (secondary N) is 1. The Labute approximate surface area is 127 Å². The minimum Gasteiger partial charge on any atom is -0.386 e. The van der Waals surface area contributed by atoms with Crippen molar-refractivity contribution in [2.75, 3.05) is 12.0 Å². The second-order valence-corrected chi connectivity index (χ2v) is 6.48. The highest BCUT2D eigenvalue weighted by atomic mass is 79.9. The van der Waals surface area contributed by atoms with Crippen molar-refractivity contribution in [1.82, 2.24) is 5.32 Å². The number of benzene rings is 1. The van der Waals surface area contributed by atoms with E-state index >= 15 is 0 Å². The van der Waals surface area contributed by atoms with Gasteiger partial charge in [0.2, 0.25) is 5.91 Å². The van der Waals surface area contributed by atoms with Gasteiger partial charge in [0.25, 0.3) is 0 Å². The van der Waals surface area contributed by atoms with Gasteiger partial charge in [-0.25, -0.2) is 0 Å². The molecule has 106 valence electrons. The van der Waals surface area contributed by atoms with Crippen molar-refractivity contribution in [1.29, 1.82) is 0 Å². The molecule has 19 heavy (non-hydrogen) atoms. The van der Waals surface area contributed by atoms with Crippen LogP contribution in [-0.2, 0) is 4.79 Å². The fourth-order valence-corrected chi connectivity index (χ4v) is 2.64. The highest BCUT2D eigenvalue weighted by molar-refractivity contribution is 9.10. The monoisotopic (exact) mass is 345 g/mol. The standard InChI is InChI=1S/C14H20BrNO2S/c1-9(8-19-3)14(18)16-10(2)13(17)11-4-6-12(15)7-5-11/h4-7,9-10,13,17H,8H2,1-3H3,(H,16,18). The molecule has 0 fully saturated rings. The SMILES string of the molecule is CSCC(C)C(=O)NC(C)C(O)c1ccc(Br)cc1. The van der Waals surface area contributed by atoms with E-state index in [1.807, 2.05) is 44.4 Å². The first-order chi connectivity index (χ1) is 8.95. The fraction of sp³-hybridized carbons (Fsp3) is 0.500. The summed E-state index contributed by atoms with van der Waals surface area (Å²) in [4.78, 5) is 11.9. The number of hydrogen-bond donors (Lipinski definition) is 2. The highest BCUT2D eigenvalue weighted by Gasteiger charge is 2.21. The predicted octanol–water partition coefficient (Wildman–Crippen LogP) is 2.99. The molecule has 0 bridgehead atoms. The molecule has 1 aromatic rings. The zero-order valence-electron chi connectivity index (χ0n) is 11.4. The molecule has 1 rings (SSSR count). The summed E-state index contributed by atoms with van der Waals surface area (Å²) in [6, 6.07) is 7.15. The lowest BCUT2D eigenvalue weighted by Gasteiger charge is -2.22. The Hall–Kier alpha value is -0.520. The Morgan fingerprint density at radius 1 is 1.37 bits per heavy atom. The third-order valence-corrected chi connectivity index (χ3v) is 4.28. The van der Waals surface area contributed by atoms with E-state index in [9.17, 15) is 9.90 Å². The van der Waals surface area contributed by atoms with Crippen LogP contribution in [0.5, 0.6) is 0 Å². The van der Waals surface area contributed by atoms with Crippen molar-refractivity contribution in [3.05, 3.63) is 34.3 Å². The topological polar surface area (TPSA) is 49.3 Å². The van der Waals surface area contributed by atoms with Crippen LogP contribution in [0.3, 0.4) is 0 Å². The zero-order chi connectivity index (χ0) is 14.4. The van der Waals surface area contributed by atoms with Gasteiger partial charge in [-0.05, 0) is 30.9 Å². The molecule has 1 amide bonds. The summed E-state index contributed by atoms with van der Waals surface area (Å²) >= 11 is 5.00. The van der Waals surface area contributed by atoms with Crippen LogP contribution in [-0.4, -0.2) is 29.1 Å². The van der Waals surface area contributed by atoms with E-state index in [1.54, 1.807) is 11.8 Å². The van der Waals surface area contributed by atoms with E-state index in [1.165, 1.54) is 0 Å². The number of hydrogen-bond acceptors (Lipinski definition) is 3. The summed E-state index contributed by atoms with van der Waals surface area (Å²) < 4.78 is 0.966. The van der Waals surface area contributed by atoms with Crippen molar-refractivity contribution in [3.63, 3.8) is 0 Å². The molecule has 0 aliphatic heterocycles. The summed E-state index contributed by atoms with van der Waals surface area (Å²) in [5.74, 6) is 0.722. The van der Waals surface area contributed by atoms with Gasteiger partial charge in [-0.15, -0.1) is 0 Å². The number of aliphatic hydroxyl groups is 1. The molecular weight excluding hydrogens is 326 g/mol. The van der Waals surface area contributed by atoms with Gasteiger partial charge in [-0.1, -0.05) is 35.0 Å². The summed E-state index contributed by atoms with van der Waals surface area (Å²) in [5, 5.41) is 13.1. The predicted molar refractivity (Wildman–Crippen MR) is 84.3 cm³/mol. The Morgan fingerprint density at radius 3 is 2.47 bits per heavy atom. The van der Waals surface area contributed by atoms with Crippen LogP contribution in [0, 0.1) is 5.92 Å². The Bertz CT molecular complexity index is 410. The van der Waals surface area contributed by atoms with Crippen LogP contribution in [0.25, 0.3) is 0 Å². The molecule has 0 aromatic heterocycles. The Morgan fingerprint density at radius 2 is 1.95 bits per heavy atom. The Kier molecular flexibility index (Phi) is 6.89. The van der Waals surface area contributed by atoms with Gasteiger partial charge < -0.3 is 10.4 Å². The van der Waals surface area contributed by atoms with E-state index in [-0.39, 0.29) is 17.9 Å². The average molecular weight is 346 g/mol. The van der Waals surface area contributed by atoms with Crippen LogP contribution in [0.15, 0.2) is 28.7 Å². The maximum absolute atomic E-state index is 11.9. The fourth-order valence-electron chi connectivity index (χ4n) is 1.72. The van der Waals surface area contributed by atoms with Crippen LogP contribution in [0.2, 0.25) is 0 Å². The Balaban J connectivity index is 2.59. The van der Waals surface area contributed by atoms with Gasteiger partial charge in [0.15, 0.2) is 0 Å². The smallest absolute Gasteiger partial charge is 0.223 e. The van der Waals surface area contributed by atoms with Gasteiger partial charge in [-0.2, -0.15) is 11.8 Å². The summed E-state index contributed by atoms with van der Waals surface area (Å²) in [6.07, 6.45) is 1.28. The maximum Gasteiger partial charge on any atom is 0.223 e. The number of thioether (sulfide) groups is 1. The minimum absolute atomic E-state index is 0.0157. The maximum atomic E-state index is 11.9. The average Bonchev–Trinajstić information content (AvgIpc) is 2.38. The first-order valence-electron chi connectivity index (χ1n) is 6.18. The number of aliphatic hydroxyl groups excluding tert-OH is 1. The minimum atomic E-state index is -0.696. The molecule has 0 radical (unpaired) electrons. The van der Waals surface area contributed by atoms with Crippen LogP contribution in [0.4, 0.5) is 0 Å².